The highest BCUT2D eigenvalue weighted by molar-refractivity contribution is 7.13. The van der Waals surface area contributed by atoms with Gasteiger partial charge >= 0.3 is 0 Å². The third-order valence-corrected chi connectivity index (χ3v) is 3.35. The Morgan fingerprint density at radius 1 is 1.18 bits per heavy atom. The molecule has 0 spiro atoms. The van der Waals surface area contributed by atoms with Crippen molar-refractivity contribution < 1.29 is 13.2 Å². The fraction of sp³-hybridized carbons (Fsp3) is 0.167. The highest BCUT2D eigenvalue weighted by Crippen LogP contribution is 2.31. The molecule has 0 aliphatic carbocycles. The average molecular weight is 257 g/mol. The average Bonchev–Trinajstić information content (AvgIpc) is 2.75. The van der Waals surface area contributed by atoms with Crippen LogP contribution >= 0.6 is 11.3 Å². The van der Waals surface area contributed by atoms with Crippen molar-refractivity contribution in [1.29, 1.82) is 0 Å². The summed E-state index contributed by atoms with van der Waals surface area (Å²) in [6.07, 6.45) is 0. The Hall–Kier alpha value is -1.33. The van der Waals surface area contributed by atoms with Crippen molar-refractivity contribution in [1.82, 2.24) is 5.32 Å². The fourth-order valence-corrected chi connectivity index (χ4v) is 2.46. The first-order valence-electron chi connectivity index (χ1n) is 4.99. The van der Waals surface area contributed by atoms with E-state index >= 15 is 0 Å². The second kappa shape index (κ2) is 4.89. The molecule has 0 atom stereocenters. The van der Waals surface area contributed by atoms with Crippen molar-refractivity contribution in [2.24, 2.45) is 0 Å². The zero-order chi connectivity index (χ0) is 12.4. The summed E-state index contributed by atoms with van der Waals surface area (Å²) in [6.45, 7) is 0.655. The van der Waals surface area contributed by atoms with Crippen LogP contribution in [0.5, 0.6) is 0 Å². The van der Waals surface area contributed by atoms with Crippen LogP contribution in [0.4, 0.5) is 13.2 Å². The van der Waals surface area contributed by atoms with Gasteiger partial charge < -0.3 is 5.32 Å². The molecule has 2 rings (SSSR count). The summed E-state index contributed by atoms with van der Waals surface area (Å²) in [5.41, 5.74) is 1.08. The van der Waals surface area contributed by atoms with Crippen LogP contribution in [0.3, 0.4) is 0 Å². The van der Waals surface area contributed by atoms with Crippen LogP contribution in [0.1, 0.15) is 5.56 Å². The summed E-state index contributed by atoms with van der Waals surface area (Å²) in [4.78, 5) is 0.589. The second-order valence-corrected chi connectivity index (χ2v) is 4.48. The van der Waals surface area contributed by atoms with E-state index in [0.717, 1.165) is 11.6 Å². The Morgan fingerprint density at radius 2 is 1.94 bits per heavy atom. The van der Waals surface area contributed by atoms with Crippen LogP contribution < -0.4 is 5.32 Å². The molecule has 0 radical (unpaired) electrons. The standard InChI is InChI=1S/C12H10F3NS/c1-16-5-7-4-10(17-6-7)8-2-3-9(13)12(15)11(8)14/h2-4,6,16H,5H2,1H3. The lowest BCUT2D eigenvalue weighted by molar-refractivity contribution is 0.449. The lowest BCUT2D eigenvalue weighted by Gasteiger charge is -2.01. The van der Waals surface area contributed by atoms with Crippen LogP contribution in [0.2, 0.25) is 0 Å². The van der Waals surface area contributed by atoms with Crippen molar-refractivity contribution in [3.05, 3.63) is 46.6 Å². The number of nitrogens with one attached hydrogen (secondary N) is 1. The van der Waals surface area contributed by atoms with Crippen LogP contribution in [-0.2, 0) is 6.54 Å². The maximum Gasteiger partial charge on any atom is 0.195 e. The van der Waals surface area contributed by atoms with Gasteiger partial charge in [0.15, 0.2) is 17.5 Å². The Balaban J connectivity index is 2.42. The molecule has 1 aromatic heterocycles. The van der Waals surface area contributed by atoms with E-state index in [-0.39, 0.29) is 5.56 Å². The first kappa shape index (κ1) is 12.1. The molecule has 0 aliphatic rings. The van der Waals surface area contributed by atoms with Crippen molar-refractivity contribution in [3.8, 4) is 10.4 Å². The summed E-state index contributed by atoms with van der Waals surface area (Å²) in [5, 5.41) is 4.82. The highest BCUT2D eigenvalue weighted by Gasteiger charge is 2.15. The molecule has 0 fully saturated rings. The summed E-state index contributed by atoms with van der Waals surface area (Å²) in [6, 6.07) is 3.95. The Kier molecular flexibility index (Phi) is 3.49. The number of rotatable bonds is 3. The van der Waals surface area contributed by atoms with Crippen LogP contribution in [0.25, 0.3) is 10.4 Å². The van der Waals surface area contributed by atoms with Gasteiger partial charge in [-0.25, -0.2) is 13.2 Å². The van der Waals surface area contributed by atoms with Crippen molar-refractivity contribution in [2.45, 2.75) is 6.54 Å². The molecule has 1 N–H and O–H groups in total. The molecule has 2 aromatic rings. The van der Waals surface area contributed by atoms with Gasteiger partial charge in [0, 0.05) is 17.0 Å². The number of halogens is 3. The molecule has 1 nitrogen and oxygen atoms in total. The van der Waals surface area contributed by atoms with E-state index < -0.39 is 17.5 Å². The van der Waals surface area contributed by atoms with Crippen LogP contribution in [0, 0.1) is 17.5 Å². The molecular formula is C12H10F3NS. The van der Waals surface area contributed by atoms with E-state index in [1.165, 1.54) is 17.4 Å². The van der Waals surface area contributed by atoms with Crippen molar-refractivity contribution in [3.63, 3.8) is 0 Å². The Bertz CT molecular complexity index is 537. The predicted octanol–water partition coefficient (Wildman–Crippen LogP) is 3.55. The Morgan fingerprint density at radius 3 is 2.65 bits per heavy atom. The molecule has 1 heterocycles. The van der Waals surface area contributed by atoms with Gasteiger partial charge in [-0.1, -0.05) is 0 Å². The molecule has 0 bridgehead atoms. The van der Waals surface area contributed by atoms with Crippen LogP contribution in [-0.4, -0.2) is 7.05 Å². The van der Waals surface area contributed by atoms with Gasteiger partial charge in [-0.05, 0) is 36.2 Å². The van der Waals surface area contributed by atoms with Gasteiger partial charge in [0.2, 0.25) is 0 Å². The molecular weight excluding hydrogens is 247 g/mol. The summed E-state index contributed by atoms with van der Waals surface area (Å²) < 4.78 is 39.4. The smallest absolute Gasteiger partial charge is 0.195 e. The SMILES string of the molecule is CNCc1csc(-c2ccc(F)c(F)c2F)c1. The minimum atomic E-state index is -1.42. The lowest BCUT2D eigenvalue weighted by atomic mass is 10.1. The zero-order valence-electron chi connectivity index (χ0n) is 9.06. The number of hydrogen-bond donors (Lipinski definition) is 1. The predicted molar refractivity (Wildman–Crippen MR) is 62.4 cm³/mol. The lowest BCUT2D eigenvalue weighted by Crippen LogP contribution is -2.03. The first-order valence-corrected chi connectivity index (χ1v) is 5.87. The highest BCUT2D eigenvalue weighted by atomic mass is 32.1. The van der Waals surface area contributed by atoms with E-state index in [4.69, 9.17) is 0 Å². The molecule has 90 valence electrons. The monoisotopic (exact) mass is 257 g/mol. The maximum absolute atomic E-state index is 13.5. The largest absolute Gasteiger partial charge is 0.316 e. The van der Waals surface area contributed by atoms with Gasteiger partial charge in [-0.2, -0.15) is 0 Å². The summed E-state index contributed by atoms with van der Waals surface area (Å²) in [5.74, 6) is -3.73. The molecule has 1 aromatic carbocycles. The van der Waals surface area contributed by atoms with Crippen molar-refractivity contribution in [2.75, 3.05) is 7.05 Å². The van der Waals surface area contributed by atoms with Crippen LogP contribution in [0.15, 0.2) is 23.6 Å². The first-order chi connectivity index (χ1) is 8.13. The summed E-state index contributed by atoms with van der Waals surface area (Å²) in [7, 11) is 1.80. The van der Waals surface area contributed by atoms with E-state index in [9.17, 15) is 13.2 Å². The van der Waals surface area contributed by atoms with E-state index in [1.54, 1.807) is 13.1 Å². The normalized spacial score (nSPS) is 10.8. The summed E-state index contributed by atoms with van der Waals surface area (Å²) >= 11 is 1.30. The maximum atomic E-state index is 13.5. The second-order valence-electron chi connectivity index (χ2n) is 3.57. The van der Waals surface area contributed by atoms with Gasteiger partial charge in [-0.3, -0.25) is 0 Å². The number of hydrogen-bond acceptors (Lipinski definition) is 2. The van der Waals surface area contributed by atoms with Gasteiger partial charge in [0.1, 0.15) is 0 Å². The topological polar surface area (TPSA) is 12.0 Å². The third-order valence-electron chi connectivity index (χ3n) is 2.34. The van der Waals surface area contributed by atoms with Crippen molar-refractivity contribution >= 4 is 11.3 Å². The molecule has 0 unspecified atom stereocenters. The quantitative estimate of drug-likeness (QED) is 0.829. The minimum absolute atomic E-state index is 0.0938. The number of benzene rings is 1. The molecule has 0 aliphatic heterocycles. The fourth-order valence-electron chi connectivity index (χ4n) is 1.53. The Labute approximate surface area is 101 Å². The molecule has 17 heavy (non-hydrogen) atoms. The van der Waals surface area contributed by atoms with E-state index in [0.29, 0.717) is 11.4 Å². The molecule has 5 heteroatoms. The van der Waals surface area contributed by atoms with E-state index in [2.05, 4.69) is 5.32 Å². The molecule has 0 saturated carbocycles. The van der Waals surface area contributed by atoms with Gasteiger partial charge in [0.25, 0.3) is 0 Å². The minimum Gasteiger partial charge on any atom is -0.316 e. The third kappa shape index (κ3) is 2.35. The molecule has 0 amide bonds. The van der Waals surface area contributed by atoms with E-state index in [1.807, 2.05) is 5.38 Å². The number of thiophene rings is 1. The molecule has 0 saturated heterocycles. The van der Waals surface area contributed by atoms with Gasteiger partial charge in [-0.15, -0.1) is 11.3 Å². The van der Waals surface area contributed by atoms with Gasteiger partial charge in [0.05, 0.1) is 0 Å². The zero-order valence-corrected chi connectivity index (χ0v) is 9.88.